The molecule has 0 fully saturated rings. The lowest BCUT2D eigenvalue weighted by Gasteiger charge is -2.11. The quantitative estimate of drug-likeness (QED) is 0.313. The maximum Gasteiger partial charge on any atom is 0.416 e. The molecule has 0 aliphatic carbocycles. The summed E-state index contributed by atoms with van der Waals surface area (Å²) in [7, 11) is 0. The largest absolute Gasteiger partial charge is 0.508 e. The number of nitrogens with one attached hydrogen (secondary N) is 1. The molecule has 32 heavy (non-hydrogen) atoms. The van der Waals surface area contributed by atoms with E-state index in [1.54, 1.807) is 36.4 Å². The lowest BCUT2D eigenvalue weighted by atomic mass is 10.1. The summed E-state index contributed by atoms with van der Waals surface area (Å²) in [5.74, 6) is 0.539. The van der Waals surface area contributed by atoms with E-state index in [1.807, 2.05) is 0 Å². The van der Waals surface area contributed by atoms with Gasteiger partial charge in [0.15, 0.2) is 5.43 Å². The Hall–Kier alpha value is -3.78. The van der Waals surface area contributed by atoms with E-state index < -0.39 is 11.7 Å². The summed E-state index contributed by atoms with van der Waals surface area (Å²) in [6.07, 6.45) is -3.03. The number of aromatic hydroxyl groups is 1. The van der Waals surface area contributed by atoms with Crippen molar-refractivity contribution in [1.29, 1.82) is 0 Å². The highest BCUT2D eigenvalue weighted by molar-refractivity contribution is 5.82. The van der Waals surface area contributed by atoms with Crippen LogP contribution in [-0.2, 0) is 12.7 Å². The highest BCUT2D eigenvalue weighted by atomic mass is 19.4. The van der Waals surface area contributed by atoms with Gasteiger partial charge in [0.2, 0.25) is 0 Å². The smallest absolute Gasteiger partial charge is 0.416 e. The topological polar surface area (TPSA) is 71.7 Å². The number of benzene rings is 3. The summed E-state index contributed by atoms with van der Waals surface area (Å²) in [5.41, 5.74) is 0.897. The third-order valence-electron chi connectivity index (χ3n) is 4.85. The van der Waals surface area contributed by atoms with E-state index in [9.17, 15) is 23.1 Å². The van der Waals surface area contributed by atoms with Crippen molar-refractivity contribution in [3.63, 3.8) is 0 Å². The van der Waals surface area contributed by atoms with Gasteiger partial charge < -0.3 is 14.3 Å². The molecule has 164 valence electrons. The number of phenolic OH excluding ortho intramolecular Hbond substituents is 1. The number of hydrogen-bond acceptors (Lipinski definition) is 5. The second kappa shape index (κ2) is 8.76. The lowest BCUT2D eigenvalue weighted by Crippen LogP contribution is -2.20. The molecule has 0 saturated heterocycles. The van der Waals surface area contributed by atoms with Gasteiger partial charge in [0.05, 0.1) is 16.5 Å². The summed E-state index contributed by atoms with van der Waals surface area (Å²) in [5, 5.41) is 12.7. The summed E-state index contributed by atoms with van der Waals surface area (Å²) in [6, 6.07) is 16.1. The predicted octanol–water partition coefficient (Wildman–Crippen LogP) is 5.31. The molecule has 0 saturated carbocycles. The van der Waals surface area contributed by atoms with Crippen molar-refractivity contribution in [2.75, 3.05) is 6.73 Å². The van der Waals surface area contributed by atoms with Gasteiger partial charge in [-0.05, 0) is 41.5 Å². The number of fused-ring (bicyclic) bond motifs is 1. The molecule has 4 aromatic rings. The van der Waals surface area contributed by atoms with Crippen LogP contribution in [-0.4, -0.2) is 11.8 Å². The molecule has 0 bridgehead atoms. The van der Waals surface area contributed by atoms with Crippen LogP contribution in [0.15, 0.2) is 82.2 Å². The van der Waals surface area contributed by atoms with Gasteiger partial charge in [-0.25, -0.2) is 0 Å². The zero-order valence-corrected chi connectivity index (χ0v) is 16.6. The first-order valence-corrected chi connectivity index (χ1v) is 9.66. The van der Waals surface area contributed by atoms with Crippen molar-refractivity contribution in [3.8, 4) is 22.6 Å². The molecule has 5 nitrogen and oxygen atoms in total. The first kappa shape index (κ1) is 21.5. The van der Waals surface area contributed by atoms with Crippen molar-refractivity contribution < 1.29 is 27.4 Å². The Kier molecular flexibility index (Phi) is 5.87. The number of halogens is 3. The summed E-state index contributed by atoms with van der Waals surface area (Å²) < 4.78 is 49.5. The lowest BCUT2D eigenvalue weighted by molar-refractivity contribution is -0.137. The van der Waals surface area contributed by atoms with Crippen LogP contribution in [0, 0.1) is 0 Å². The van der Waals surface area contributed by atoms with Crippen LogP contribution < -0.4 is 15.5 Å². The van der Waals surface area contributed by atoms with Gasteiger partial charge in [-0.15, -0.1) is 0 Å². The summed E-state index contributed by atoms with van der Waals surface area (Å²) >= 11 is 0. The minimum atomic E-state index is -4.39. The molecule has 1 aromatic heterocycles. The van der Waals surface area contributed by atoms with E-state index in [1.165, 1.54) is 24.5 Å². The molecular weight excluding hydrogens is 423 g/mol. The number of rotatable bonds is 6. The summed E-state index contributed by atoms with van der Waals surface area (Å²) in [6.45, 7) is 0.250. The molecule has 0 spiro atoms. The molecule has 8 heteroatoms. The first-order chi connectivity index (χ1) is 15.3. The van der Waals surface area contributed by atoms with Crippen molar-refractivity contribution in [3.05, 3.63) is 94.3 Å². The van der Waals surface area contributed by atoms with E-state index in [2.05, 4.69) is 5.32 Å². The minimum absolute atomic E-state index is 0.0532. The van der Waals surface area contributed by atoms with Crippen molar-refractivity contribution in [1.82, 2.24) is 5.32 Å². The van der Waals surface area contributed by atoms with Crippen molar-refractivity contribution in [2.24, 2.45) is 0 Å². The van der Waals surface area contributed by atoms with Crippen LogP contribution in [0.4, 0.5) is 13.2 Å². The second-order valence-electron chi connectivity index (χ2n) is 7.10. The molecule has 0 amide bonds. The Morgan fingerprint density at radius 2 is 1.78 bits per heavy atom. The average Bonchev–Trinajstić information content (AvgIpc) is 2.77. The maximum absolute atomic E-state index is 12.8. The monoisotopic (exact) mass is 441 g/mol. The van der Waals surface area contributed by atoms with E-state index in [-0.39, 0.29) is 24.5 Å². The van der Waals surface area contributed by atoms with Crippen LogP contribution in [0.2, 0.25) is 0 Å². The third-order valence-corrected chi connectivity index (χ3v) is 4.85. The molecule has 2 N–H and O–H groups in total. The van der Waals surface area contributed by atoms with Gasteiger partial charge in [-0.3, -0.25) is 10.1 Å². The molecule has 0 radical (unpaired) electrons. The highest BCUT2D eigenvalue weighted by Gasteiger charge is 2.30. The van der Waals surface area contributed by atoms with E-state index >= 15 is 0 Å². The Morgan fingerprint density at radius 3 is 2.53 bits per heavy atom. The molecule has 0 aliphatic rings. The number of hydrogen-bond donors (Lipinski definition) is 2. The SMILES string of the molecule is O=c1c(-c2ccc(O)cc2)coc2cc(OCNCc3cccc(C(F)(F)F)c3)ccc12. The van der Waals surface area contributed by atoms with E-state index in [4.69, 9.17) is 9.15 Å². The van der Waals surface area contributed by atoms with Crippen LogP contribution in [0.3, 0.4) is 0 Å². The molecular formula is C24H18F3NO4. The van der Waals surface area contributed by atoms with Gasteiger partial charge in [-0.2, -0.15) is 13.2 Å². The molecule has 0 aliphatic heterocycles. The van der Waals surface area contributed by atoms with Crippen LogP contribution in [0.25, 0.3) is 22.1 Å². The molecule has 1 heterocycles. The fraction of sp³-hybridized carbons (Fsp3) is 0.125. The Morgan fingerprint density at radius 1 is 1.00 bits per heavy atom. The average molecular weight is 441 g/mol. The number of ether oxygens (including phenoxy) is 1. The molecule has 0 unspecified atom stereocenters. The van der Waals surface area contributed by atoms with E-state index in [0.717, 1.165) is 12.1 Å². The Balaban J connectivity index is 1.42. The Bertz CT molecular complexity index is 1300. The fourth-order valence-corrected chi connectivity index (χ4v) is 3.23. The normalized spacial score (nSPS) is 11.6. The van der Waals surface area contributed by atoms with Crippen LogP contribution in [0.5, 0.6) is 11.5 Å². The predicted molar refractivity (Wildman–Crippen MR) is 113 cm³/mol. The fourth-order valence-electron chi connectivity index (χ4n) is 3.23. The van der Waals surface area contributed by atoms with Crippen LogP contribution in [0.1, 0.15) is 11.1 Å². The van der Waals surface area contributed by atoms with Gasteiger partial charge in [0.25, 0.3) is 0 Å². The van der Waals surface area contributed by atoms with Gasteiger partial charge in [-0.1, -0.05) is 30.3 Å². The van der Waals surface area contributed by atoms with Gasteiger partial charge in [0, 0.05) is 12.6 Å². The van der Waals surface area contributed by atoms with Gasteiger partial charge in [0.1, 0.15) is 30.1 Å². The van der Waals surface area contributed by atoms with Crippen molar-refractivity contribution in [2.45, 2.75) is 12.7 Å². The zero-order chi connectivity index (χ0) is 22.7. The minimum Gasteiger partial charge on any atom is -0.508 e. The van der Waals surface area contributed by atoms with Crippen LogP contribution >= 0.6 is 0 Å². The number of phenols is 1. The van der Waals surface area contributed by atoms with Gasteiger partial charge >= 0.3 is 6.18 Å². The number of alkyl halides is 3. The highest BCUT2D eigenvalue weighted by Crippen LogP contribution is 2.29. The standard InChI is InChI=1S/C24H18F3NO4/c25-24(26,27)17-3-1-2-15(10-17)12-28-14-32-19-8-9-20-22(11-19)31-13-21(23(20)30)16-4-6-18(29)7-5-16/h1-11,13,28-29H,12,14H2. The molecule has 0 atom stereocenters. The van der Waals surface area contributed by atoms with E-state index in [0.29, 0.717) is 33.4 Å². The third kappa shape index (κ3) is 4.76. The molecule has 4 rings (SSSR count). The molecule has 3 aromatic carbocycles. The Labute approximate surface area is 180 Å². The first-order valence-electron chi connectivity index (χ1n) is 9.66. The summed E-state index contributed by atoms with van der Waals surface area (Å²) in [4.78, 5) is 12.8. The maximum atomic E-state index is 12.8. The van der Waals surface area contributed by atoms with Crippen molar-refractivity contribution >= 4 is 11.0 Å². The second-order valence-corrected chi connectivity index (χ2v) is 7.10. The zero-order valence-electron chi connectivity index (χ0n) is 16.6.